The SMILES string of the molecule is CC(C)(C)c1ccc(-c2nnc(-c3cc(-c4ccccc4-c4ccccc4)ccc3-c3ccccc3)o2)cc1. The van der Waals surface area contributed by atoms with Gasteiger partial charge in [-0.3, -0.25) is 0 Å². The van der Waals surface area contributed by atoms with Crippen LogP contribution in [0.25, 0.3) is 56.3 Å². The molecule has 0 amide bonds. The van der Waals surface area contributed by atoms with E-state index in [0.717, 1.165) is 33.4 Å². The molecule has 0 atom stereocenters. The molecular formula is C36H30N2O. The van der Waals surface area contributed by atoms with Gasteiger partial charge >= 0.3 is 0 Å². The molecule has 0 bridgehead atoms. The van der Waals surface area contributed by atoms with Gasteiger partial charge in [-0.25, -0.2) is 0 Å². The number of hydrogen-bond acceptors (Lipinski definition) is 3. The van der Waals surface area contributed by atoms with Crippen molar-refractivity contribution in [3.05, 3.63) is 133 Å². The van der Waals surface area contributed by atoms with Crippen LogP contribution >= 0.6 is 0 Å². The fraction of sp³-hybridized carbons (Fsp3) is 0.111. The van der Waals surface area contributed by atoms with Gasteiger partial charge in [0.1, 0.15) is 0 Å². The lowest BCUT2D eigenvalue weighted by molar-refractivity contribution is 0.582. The van der Waals surface area contributed by atoms with Crippen molar-refractivity contribution < 1.29 is 4.42 Å². The molecule has 0 saturated heterocycles. The number of rotatable bonds is 5. The zero-order valence-corrected chi connectivity index (χ0v) is 22.4. The molecule has 3 nitrogen and oxygen atoms in total. The summed E-state index contributed by atoms with van der Waals surface area (Å²) in [7, 11) is 0. The summed E-state index contributed by atoms with van der Waals surface area (Å²) in [4.78, 5) is 0. The van der Waals surface area contributed by atoms with Crippen molar-refractivity contribution in [2.75, 3.05) is 0 Å². The summed E-state index contributed by atoms with van der Waals surface area (Å²) in [5.41, 5.74) is 9.93. The van der Waals surface area contributed by atoms with Crippen LogP contribution in [0.3, 0.4) is 0 Å². The first-order valence-corrected chi connectivity index (χ1v) is 13.3. The van der Waals surface area contributed by atoms with Crippen LogP contribution < -0.4 is 0 Å². The first-order valence-electron chi connectivity index (χ1n) is 13.3. The summed E-state index contributed by atoms with van der Waals surface area (Å²) in [6.45, 7) is 6.63. The second-order valence-corrected chi connectivity index (χ2v) is 10.8. The zero-order valence-electron chi connectivity index (χ0n) is 22.4. The van der Waals surface area contributed by atoms with E-state index in [2.05, 4.69) is 134 Å². The maximum atomic E-state index is 6.33. The monoisotopic (exact) mass is 506 g/mol. The van der Waals surface area contributed by atoms with Crippen molar-refractivity contribution in [2.24, 2.45) is 0 Å². The summed E-state index contributed by atoms with van der Waals surface area (Å²) in [6.07, 6.45) is 0. The molecular weight excluding hydrogens is 476 g/mol. The standard InChI is InChI=1S/C36H30N2O/c1-36(2,3)29-21-18-27(19-22-29)34-37-38-35(39-34)33-24-28(20-23-32(33)26-14-8-5-9-15-26)31-17-11-10-16-30(31)25-12-6-4-7-13-25/h4-24H,1-3H3. The maximum absolute atomic E-state index is 6.33. The Morgan fingerprint density at radius 3 is 1.51 bits per heavy atom. The van der Waals surface area contributed by atoms with Gasteiger partial charge in [-0.15, -0.1) is 10.2 Å². The molecule has 39 heavy (non-hydrogen) atoms. The lowest BCUT2D eigenvalue weighted by Gasteiger charge is -2.18. The first kappa shape index (κ1) is 24.6. The Morgan fingerprint density at radius 2 is 0.923 bits per heavy atom. The first-order chi connectivity index (χ1) is 19.0. The van der Waals surface area contributed by atoms with E-state index in [4.69, 9.17) is 4.42 Å². The van der Waals surface area contributed by atoms with Crippen molar-refractivity contribution in [3.63, 3.8) is 0 Å². The predicted octanol–water partition coefficient (Wildman–Crippen LogP) is 9.70. The zero-order chi connectivity index (χ0) is 26.8. The van der Waals surface area contributed by atoms with Crippen molar-refractivity contribution in [3.8, 4) is 56.3 Å². The fourth-order valence-corrected chi connectivity index (χ4v) is 4.92. The molecule has 0 N–H and O–H groups in total. The minimum Gasteiger partial charge on any atom is -0.416 e. The average Bonchev–Trinajstić information content (AvgIpc) is 3.48. The third kappa shape index (κ3) is 5.04. The molecule has 6 rings (SSSR count). The quantitative estimate of drug-likeness (QED) is 0.234. The highest BCUT2D eigenvalue weighted by Gasteiger charge is 2.19. The smallest absolute Gasteiger partial charge is 0.248 e. The van der Waals surface area contributed by atoms with Gasteiger partial charge in [-0.05, 0) is 62.6 Å². The van der Waals surface area contributed by atoms with Crippen LogP contribution in [0.5, 0.6) is 0 Å². The van der Waals surface area contributed by atoms with Crippen molar-refractivity contribution in [1.29, 1.82) is 0 Å². The molecule has 0 aliphatic rings. The Hall–Kier alpha value is -4.76. The van der Waals surface area contributed by atoms with Crippen molar-refractivity contribution in [2.45, 2.75) is 26.2 Å². The molecule has 3 heteroatoms. The van der Waals surface area contributed by atoms with E-state index in [-0.39, 0.29) is 5.41 Å². The molecule has 1 heterocycles. The molecule has 0 unspecified atom stereocenters. The average molecular weight is 507 g/mol. The molecule has 0 aliphatic heterocycles. The van der Waals surface area contributed by atoms with Gasteiger partial charge in [0.15, 0.2) is 0 Å². The minimum absolute atomic E-state index is 0.0829. The van der Waals surface area contributed by atoms with Gasteiger partial charge < -0.3 is 4.42 Å². The summed E-state index contributed by atoms with van der Waals surface area (Å²) < 4.78 is 6.33. The van der Waals surface area contributed by atoms with Crippen LogP contribution in [0.15, 0.2) is 132 Å². The fourth-order valence-electron chi connectivity index (χ4n) is 4.92. The van der Waals surface area contributed by atoms with Gasteiger partial charge in [-0.1, -0.05) is 130 Å². The Kier molecular flexibility index (Phi) is 6.42. The van der Waals surface area contributed by atoms with Crippen molar-refractivity contribution in [1.82, 2.24) is 10.2 Å². The molecule has 5 aromatic carbocycles. The summed E-state index contributed by atoms with van der Waals surface area (Å²) in [6, 6.07) is 44.2. The Balaban J connectivity index is 1.47. The van der Waals surface area contributed by atoms with Crippen LogP contribution in [0.2, 0.25) is 0 Å². The second-order valence-electron chi connectivity index (χ2n) is 10.8. The maximum Gasteiger partial charge on any atom is 0.248 e. The lowest BCUT2D eigenvalue weighted by atomic mass is 9.87. The van der Waals surface area contributed by atoms with Gasteiger partial charge in [0.05, 0.1) is 0 Å². The molecule has 0 fully saturated rings. The molecule has 0 aliphatic carbocycles. The summed E-state index contributed by atoms with van der Waals surface area (Å²) in [5.74, 6) is 1.02. The Bertz CT molecular complexity index is 1710. The molecule has 0 radical (unpaired) electrons. The van der Waals surface area contributed by atoms with Crippen LogP contribution in [0, 0.1) is 0 Å². The molecule has 0 spiro atoms. The normalized spacial score (nSPS) is 11.5. The minimum atomic E-state index is 0.0829. The summed E-state index contributed by atoms with van der Waals surface area (Å²) >= 11 is 0. The Labute approximate surface area is 229 Å². The van der Waals surface area contributed by atoms with E-state index in [1.807, 2.05) is 24.3 Å². The van der Waals surface area contributed by atoms with Gasteiger partial charge in [-0.2, -0.15) is 0 Å². The van der Waals surface area contributed by atoms with E-state index < -0.39 is 0 Å². The van der Waals surface area contributed by atoms with Gasteiger partial charge in [0.25, 0.3) is 0 Å². The number of benzene rings is 5. The molecule has 1 aromatic heterocycles. The largest absolute Gasteiger partial charge is 0.416 e. The third-order valence-electron chi connectivity index (χ3n) is 7.08. The highest BCUT2D eigenvalue weighted by atomic mass is 16.4. The van der Waals surface area contributed by atoms with Crippen LogP contribution in [-0.2, 0) is 5.41 Å². The number of aromatic nitrogens is 2. The number of hydrogen-bond donors (Lipinski definition) is 0. The van der Waals surface area contributed by atoms with E-state index in [9.17, 15) is 0 Å². The topological polar surface area (TPSA) is 38.9 Å². The second kappa shape index (κ2) is 10.2. The third-order valence-corrected chi connectivity index (χ3v) is 7.08. The highest BCUT2D eigenvalue weighted by molar-refractivity contribution is 5.89. The van der Waals surface area contributed by atoms with Gasteiger partial charge in [0.2, 0.25) is 11.8 Å². The molecule has 6 aromatic rings. The lowest BCUT2D eigenvalue weighted by Crippen LogP contribution is -2.10. The van der Waals surface area contributed by atoms with E-state index in [1.165, 1.54) is 16.7 Å². The van der Waals surface area contributed by atoms with Crippen LogP contribution in [0.1, 0.15) is 26.3 Å². The highest BCUT2D eigenvalue weighted by Crippen LogP contribution is 2.39. The van der Waals surface area contributed by atoms with E-state index in [1.54, 1.807) is 0 Å². The van der Waals surface area contributed by atoms with Gasteiger partial charge in [0, 0.05) is 11.1 Å². The van der Waals surface area contributed by atoms with Crippen molar-refractivity contribution >= 4 is 0 Å². The predicted molar refractivity (Wildman–Crippen MR) is 160 cm³/mol. The van der Waals surface area contributed by atoms with Crippen LogP contribution in [0.4, 0.5) is 0 Å². The number of nitrogens with zero attached hydrogens (tertiary/aromatic N) is 2. The molecule has 190 valence electrons. The van der Waals surface area contributed by atoms with Crippen LogP contribution in [-0.4, -0.2) is 10.2 Å². The molecule has 0 saturated carbocycles. The summed E-state index contributed by atoms with van der Waals surface area (Å²) in [5, 5.41) is 8.96. The Morgan fingerprint density at radius 1 is 0.436 bits per heavy atom. The van der Waals surface area contributed by atoms with E-state index in [0.29, 0.717) is 11.8 Å². The van der Waals surface area contributed by atoms with E-state index >= 15 is 0 Å².